The minimum atomic E-state index is -0.435. The summed E-state index contributed by atoms with van der Waals surface area (Å²) in [4.78, 5) is 31.1. The first-order valence-electron chi connectivity index (χ1n) is 6.10. The van der Waals surface area contributed by atoms with Gasteiger partial charge >= 0.3 is 11.6 Å². The number of rotatable bonds is 1. The summed E-state index contributed by atoms with van der Waals surface area (Å²) in [5.41, 5.74) is 0.198. The van der Waals surface area contributed by atoms with Crippen LogP contribution in [0.2, 0.25) is 0 Å². The molecule has 0 atom stereocenters. The molecule has 0 amide bonds. The number of H-pyrrole nitrogens is 1. The molecule has 0 bridgehead atoms. The summed E-state index contributed by atoms with van der Waals surface area (Å²) in [6.45, 7) is 0. The van der Waals surface area contributed by atoms with Gasteiger partial charge < -0.3 is 0 Å². The number of hydrogen-bond acceptors (Lipinski definition) is 4. The van der Waals surface area contributed by atoms with Gasteiger partial charge in [-0.3, -0.25) is 13.9 Å². The topological polar surface area (TPSA) is 100 Å². The molecule has 0 unspecified atom stereocenters. The van der Waals surface area contributed by atoms with Crippen molar-refractivity contribution in [2.75, 3.05) is 0 Å². The van der Waals surface area contributed by atoms with Crippen LogP contribution >= 0.6 is 0 Å². The average molecular weight is 283 g/mol. The summed E-state index contributed by atoms with van der Waals surface area (Å²) in [6, 6.07) is 5.28. The maximum atomic E-state index is 12.1. The predicted molar refractivity (Wildman–Crippen MR) is 72.8 cm³/mol. The molecule has 0 saturated heterocycles. The highest BCUT2D eigenvalue weighted by molar-refractivity contribution is 5.70. The van der Waals surface area contributed by atoms with Gasteiger partial charge in [-0.25, -0.2) is 14.3 Å². The molecular weight excluding hydrogens is 272 g/mol. The Labute approximate surface area is 118 Å². The highest BCUT2D eigenvalue weighted by Crippen LogP contribution is 2.04. The molecule has 0 spiro atoms. The Kier molecular flexibility index (Phi) is 2.69. The van der Waals surface area contributed by atoms with Crippen LogP contribution in [-0.4, -0.2) is 19.1 Å². The quantitative estimate of drug-likeness (QED) is 0.585. The molecule has 0 aliphatic heterocycles. The largest absolute Gasteiger partial charge is 0.403 e. The second-order valence-electron chi connectivity index (χ2n) is 4.57. The monoisotopic (exact) mass is 283 g/mol. The third-order valence-electron chi connectivity index (χ3n) is 3.29. The number of aromatic amines is 1. The Morgan fingerprint density at radius 1 is 1.24 bits per heavy atom. The molecule has 3 aromatic heterocycles. The summed E-state index contributed by atoms with van der Waals surface area (Å²) in [7, 11) is 2.97. The lowest BCUT2D eigenvalue weighted by Gasteiger charge is -1.98. The van der Waals surface area contributed by atoms with E-state index in [0.717, 1.165) is 4.57 Å². The molecule has 3 heterocycles. The summed E-state index contributed by atoms with van der Waals surface area (Å²) in [5.74, 6) is 0.396. The van der Waals surface area contributed by atoms with Gasteiger partial charge in [-0.05, 0) is 17.1 Å². The van der Waals surface area contributed by atoms with Crippen molar-refractivity contribution >= 4 is 11.2 Å². The maximum Gasteiger partial charge on any atom is 0.403 e. The van der Waals surface area contributed by atoms with E-state index >= 15 is 0 Å². The van der Waals surface area contributed by atoms with E-state index in [0.29, 0.717) is 11.5 Å². The van der Waals surface area contributed by atoms with Crippen LogP contribution in [0.25, 0.3) is 17.1 Å². The molecule has 0 fully saturated rings. The molecule has 8 heteroatoms. The highest BCUT2D eigenvalue weighted by Gasteiger charge is 2.21. The molecule has 0 aromatic carbocycles. The van der Waals surface area contributed by atoms with Gasteiger partial charge in [0.1, 0.15) is 0 Å². The minimum Gasteiger partial charge on any atom is -0.265 e. The second-order valence-corrected chi connectivity index (χ2v) is 4.57. The standard InChI is InChI=1S/C13H10N6O2/c1-17-10-9(11(20)18(2)13(17)21)15-12(16-10)19-5-3-8(7-14)4-6-19/h3-6H,1-2H3/p+1. The number of pyridine rings is 1. The van der Waals surface area contributed by atoms with Crippen molar-refractivity contribution < 1.29 is 4.57 Å². The lowest BCUT2D eigenvalue weighted by molar-refractivity contribution is -0.603. The van der Waals surface area contributed by atoms with Gasteiger partial charge in [0.15, 0.2) is 0 Å². The number of nitrogens with one attached hydrogen (secondary N) is 1. The van der Waals surface area contributed by atoms with E-state index in [1.807, 2.05) is 6.07 Å². The maximum absolute atomic E-state index is 12.1. The first-order chi connectivity index (χ1) is 10.0. The van der Waals surface area contributed by atoms with Crippen LogP contribution in [0.5, 0.6) is 0 Å². The van der Waals surface area contributed by atoms with Crippen LogP contribution in [0.1, 0.15) is 5.56 Å². The molecule has 1 N–H and O–H groups in total. The van der Waals surface area contributed by atoms with Crippen LogP contribution in [0, 0.1) is 11.3 Å². The lowest BCUT2D eigenvalue weighted by Crippen LogP contribution is -2.36. The van der Waals surface area contributed by atoms with Crippen molar-refractivity contribution in [3.8, 4) is 12.0 Å². The smallest absolute Gasteiger partial charge is 0.265 e. The SMILES string of the molecule is Cn1c(=O)c2[nH]c(-[n+]3ccc(C#N)cc3)nc2n(C)c1=O. The molecule has 8 nitrogen and oxygen atoms in total. The van der Waals surface area contributed by atoms with Crippen molar-refractivity contribution in [1.29, 1.82) is 5.26 Å². The van der Waals surface area contributed by atoms with Gasteiger partial charge in [0, 0.05) is 14.1 Å². The number of aromatic nitrogens is 5. The number of hydrogen-bond donors (Lipinski definition) is 1. The number of nitrogens with zero attached hydrogens (tertiary/aromatic N) is 5. The summed E-state index contributed by atoms with van der Waals surface area (Å²) < 4.78 is 3.96. The van der Waals surface area contributed by atoms with Crippen LogP contribution in [0.4, 0.5) is 0 Å². The highest BCUT2D eigenvalue weighted by atomic mass is 16.2. The van der Waals surface area contributed by atoms with Crippen molar-refractivity contribution in [2.45, 2.75) is 0 Å². The summed E-state index contributed by atoms with van der Waals surface area (Å²) >= 11 is 0. The minimum absolute atomic E-state index is 0.256. The molecular formula is C13H11N6O2+. The van der Waals surface area contributed by atoms with Crippen LogP contribution in [0.15, 0.2) is 34.1 Å². The van der Waals surface area contributed by atoms with E-state index in [4.69, 9.17) is 5.26 Å². The fraction of sp³-hybridized carbons (Fsp3) is 0.154. The predicted octanol–water partition coefficient (Wildman–Crippen LogP) is -0.891. The van der Waals surface area contributed by atoms with Crippen LogP contribution in [-0.2, 0) is 14.1 Å². The average Bonchev–Trinajstić information content (AvgIpc) is 2.96. The van der Waals surface area contributed by atoms with Crippen molar-refractivity contribution in [2.24, 2.45) is 14.1 Å². The Balaban J connectivity index is 2.29. The van der Waals surface area contributed by atoms with Crippen molar-refractivity contribution in [3.05, 3.63) is 50.9 Å². The Hall–Kier alpha value is -3.21. The third-order valence-corrected chi connectivity index (χ3v) is 3.29. The van der Waals surface area contributed by atoms with Crippen LogP contribution < -0.4 is 15.8 Å². The zero-order valence-electron chi connectivity index (χ0n) is 11.4. The van der Waals surface area contributed by atoms with Gasteiger partial charge in [-0.2, -0.15) is 5.26 Å². The number of imidazole rings is 1. The van der Waals surface area contributed by atoms with E-state index in [9.17, 15) is 9.59 Å². The normalized spacial score (nSPS) is 10.7. The zero-order chi connectivity index (χ0) is 15.1. The number of nitriles is 1. The van der Waals surface area contributed by atoms with Crippen molar-refractivity contribution in [3.63, 3.8) is 0 Å². The van der Waals surface area contributed by atoms with E-state index in [2.05, 4.69) is 9.97 Å². The first-order valence-corrected chi connectivity index (χ1v) is 6.10. The summed E-state index contributed by atoms with van der Waals surface area (Å²) in [5, 5.41) is 8.78. The Morgan fingerprint density at radius 3 is 2.52 bits per heavy atom. The van der Waals surface area contributed by atoms with E-state index in [-0.39, 0.29) is 11.2 Å². The molecule has 3 rings (SSSR count). The van der Waals surface area contributed by atoms with Crippen molar-refractivity contribution in [1.82, 2.24) is 19.1 Å². The van der Waals surface area contributed by atoms with Crippen LogP contribution in [0.3, 0.4) is 0 Å². The molecule has 0 saturated carbocycles. The molecule has 0 aliphatic carbocycles. The number of fused-ring (bicyclic) bond motifs is 1. The van der Waals surface area contributed by atoms with Gasteiger partial charge in [0.25, 0.3) is 11.2 Å². The Morgan fingerprint density at radius 2 is 1.90 bits per heavy atom. The first kappa shape index (κ1) is 12.8. The molecule has 104 valence electrons. The summed E-state index contributed by atoms with van der Waals surface area (Å²) in [6.07, 6.45) is 3.30. The van der Waals surface area contributed by atoms with E-state index in [1.54, 1.807) is 36.1 Å². The molecule has 3 aromatic rings. The van der Waals surface area contributed by atoms with Gasteiger partial charge in [-0.1, -0.05) is 0 Å². The number of aryl methyl sites for hydroxylation is 1. The Bertz CT molecular complexity index is 1000. The third kappa shape index (κ3) is 1.83. The van der Waals surface area contributed by atoms with Gasteiger partial charge in [-0.15, -0.1) is 0 Å². The fourth-order valence-electron chi connectivity index (χ4n) is 2.08. The van der Waals surface area contributed by atoms with Gasteiger partial charge in [0.2, 0.25) is 5.52 Å². The van der Waals surface area contributed by atoms with E-state index in [1.165, 1.54) is 11.6 Å². The van der Waals surface area contributed by atoms with Gasteiger partial charge in [0.05, 0.1) is 24.0 Å². The fourth-order valence-corrected chi connectivity index (χ4v) is 2.08. The molecule has 21 heavy (non-hydrogen) atoms. The second kappa shape index (κ2) is 4.42. The zero-order valence-corrected chi connectivity index (χ0v) is 11.4. The molecule has 0 aliphatic rings. The van der Waals surface area contributed by atoms with E-state index < -0.39 is 11.2 Å². The molecule has 0 radical (unpaired) electrons. The lowest BCUT2D eigenvalue weighted by atomic mass is 10.3.